The van der Waals surface area contributed by atoms with Gasteiger partial charge in [0, 0.05) is 13.0 Å². The molecule has 0 saturated carbocycles. The summed E-state index contributed by atoms with van der Waals surface area (Å²) in [5, 5.41) is 24.2. The van der Waals surface area contributed by atoms with Gasteiger partial charge in [-0.25, -0.2) is 9.59 Å². The molecule has 2 unspecified atom stereocenters. The molecule has 0 saturated heterocycles. The first-order chi connectivity index (χ1) is 9.27. The number of carboxylic acid groups (broad SMARTS) is 2. The van der Waals surface area contributed by atoms with Crippen LogP contribution in [0, 0.1) is 0 Å². The van der Waals surface area contributed by atoms with Crippen LogP contribution < -0.4 is 16.0 Å². The summed E-state index contributed by atoms with van der Waals surface area (Å²) in [5.41, 5.74) is 0. The van der Waals surface area contributed by atoms with E-state index in [1.165, 1.54) is 6.92 Å². The summed E-state index contributed by atoms with van der Waals surface area (Å²) in [5.74, 6) is -2.90. The second-order valence-corrected chi connectivity index (χ2v) is 4.06. The number of urea groups is 1. The number of nitrogens with one attached hydrogen (secondary N) is 3. The monoisotopic (exact) mass is 289 g/mol. The number of likely N-dealkylation sites (N-methyl/N-ethyl adjacent to an activating group) is 1. The zero-order chi connectivity index (χ0) is 15.7. The number of carbonyl (C=O) groups is 4. The number of carboxylic acids is 2. The highest BCUT2D eigenvalue weighted by Crippen LogP contribution is 1.98. The second kappa shape index (κ2) is 8.73. The van der Waals surface area contributed by atoms with E-state index in [1.807, 2.05) is 0 Å². The first kappa shape index (κ1) is 17.7. The molecule has 0 radical (unpaired) electrons. The molecule has 0 spiro atoms. The van der Waals surface area contributed by atoms with Crippen molar-refractivity contribution in [2.45, 2.75) is 38.8 Å². The molecule has 0 aliphatic heterocycles. The minimum atomic E-state index is -1.34. The average molecular weight is 289 g/mol. The lowest BCUT2D eigenvalue weighted by Gasteiger charge is -2.17. The van der Waals surface area contributed by atoms with Crippen LogP contribution in [0.25, 0.3) is 0 Å². The van der Waals surface area contributed by atoms with Gasteiger partial charge in [-0.15, -0.1) is 0 Å². The van der Waals surface area contributed by atoms with Crippen LogP contribution in [-0.4, -0.2) is 52.7 Å². The zero-order valence-corrected chi connectivity index (χ0v) is 11.3. The Hall–Kier alpha value is -2.32. The van der Waals surface area contributed by atoms with Crippen molar-refractivity contribution < 1.29 is 29.4 Å². The SMILES string of the molecule is CCNC(=O)C(C)NC(=O)NC(CCC(=O)O)C(=O)O. The third-order valence-electron chi connectivity index (χ3n) is 2.34. The lowest BCUT2D eigenvalue weighted by Crippen LogP contribution is -2.52. The molecule has 3 amide bonds. The Kier molecular flexibility index (Phi) is 7.71. The van der Waals surface area contributed by atoms with Crippen LogP contribution in [0.4, 0.5) is 4.79 Å². The molecule has 9 heteroatoms. The Labute approximate surface area is 115 Å². The fourth-order valence-electron chi connectivity index (χ4n) is 1.31. The Morgan fingerprint density at radius 2 is 1.70 bits per heavy atom. The molecule has 0 bridgehead atoms. The molecule has 2 atom stereocenters. The topological polar surface area (TPSA) is 145 Å². The molecule has 0 heterocycles. The Morgan fingerprint density at radius 3 is 2.15 bits per heavy atom. The van der Waals surface area contributed by atoms with Crippen molar-refractivity contribution >= 4 is 23.9 Å². The van der Waals surface area contributed by atoms with Gasteiger partial charge in [0.1, 0.15) is 12.1 Å². The molecule has 0 aromatic carbocycles. The highest BCUT2D eigenvalue weighted by Gasteiger charge is 2.22. The third kappa shape index (κ3) is 7.19. The summed E-state index contributed by atoms with van der Waals surface area (Å²) in [6, 6.07) is -3.00. The fraction of sp³-hybridized carbons (Fsp3) is 0.636. The lowest BCUT2D eigenvalue weighted by molar-refractivity contribution is -0.140. The van der Waals surface area contributed by atoms with E-state index in [-0.39, 0.29) is 12.8 Å². The van der Waals surface area contributed by atoms with E-state index in [9.17, 15) is 19.2 Å². The predicted octanol–water partition coefficient (Wildman–Crippen LogP) is -0.872. The number of hydrogen-bond donors (Lipinski definition) is 5. The summed E-state index contributed by atoms with van der Waals surface area (Å²) in [6.07, 6.45) is -0.628. The Balaban J connectivity index is 4.35. The molecule has 9 nitrogen and oxygen atoms in total. The normalized spacial score (nSPS) is 12.9. The minimum Gasteiger partial charge on any atom is -0.481 e. The summed E-state index contributed by atoms with van der Waals surface area (Å²) in [4.78, 5) is 44.1. The lowest BCUT2D eigenvalue weighted by atomic mass is 10.1. The Morgan fingerprint density at radius 1 is 1.10 bits per heavy atom. The smallest absolute Gasteiger partial charge is 0.326 e. The molecular weight excluding hydrogens is 270 g/mol. The van der Waals surface area contributed by atoms with Gasteiger partial charge in [-0.1, -0.05) is 0 Å². The molecule has 5 N–H and O–H groups in total. The number of hydrogen-bond acceptors (Lipinski definition) is 4. The van der Waals surface area contributed by atoms with Crippen LogP contribution >= 0.6 is 0 Å². The minimum absolute atomic E-state index is 0.242. The van der Waals surface area contributed by atoms with Crippen LogP contribution in [0.15, 0.2) is 0 Å². The number of amides is 3. The van der Waals surface area contributed by atoms with Gasteiger partial charge < -0.3 is 26.2 Å². The predicted molar refractivity (Wildman–Crippen MR) is 68.1 cm³/mol. The summed E-state index contributed by atoms with van der Waals surface area (Å²) < 4.78 is 0. The number of rotatable bonds is 8. The number of aliphatic carboxylic acids is 2. The maximum absolute atomic E-state index is 11.5. The molecule has 114 valence electrons. The van der Waals surface area contributed by atoms with Crippen molar-refractivity contribution in [1.29, 1.82) is 0 Å². The van der Waals surface area contributed by atoms with Crippen molar-refractivity contribution in [2.75, 3.05) is 6.54 Å². The first-order valence-electron chi connectivity index (χ1n) is 6.07. The van der Waals surface area contributed by atoms with Gasteiger partial charge in [-0.05, 0) is 20.3 Å². The van der Waals surface area contributed by atoms with E-state index in [0.717, 1.165) is 0 Å². The van der Waals surface area contributed by atoms with Crippen LogP contribution in [-0.2, 0) is 14.4 Å². The van der Waals surface area contributed by atoms with E-state index >= 15 is 0 Å². The van der Waals surface area contributed by atoms with E-state index in [4.69, 9.17) is 10.2 Å². The van der Waals surface area contributed by atoms with Gasteiger partial charge in [-0.3, -0.25) is 9.59 Å². The molecule has 0 aromatic rings. The maximum Gasteiger partial charge on any atom is 0.326 e. The molecule has 0 aliphatic carbocycles. The molecule has 20 heavy (non-hydrogen) atoms. The van der Waals surface area contributed by atoms with Gasteiger partial charge in [0.05, 0.1) is 0 Å². The van der Waals surface area contributed by atoms with Crippen molar-refractivity contribution in [1.82, 2.24) is 16.0 Å². The van der Waals surface area contributed by atoms with E-state index in [0.29, 0.717) is 6.54 Å². The summed E-state index contributed by atoms with van der Waals surface area (Å²) >= 11 is 0. The second-order valence-electron chi connectivity index (χ2n) is 4.06. The zero-order valence-electron chi connectivity index (χ0n) is 11.3. The van der Waals surface area contributed by atoms with Crippen LogP contribution in [0.3, 0.4) is 0 Å². The van der Waals surface area contributed by atoms with E-state index in [1.54, 1.807) is 6.92 Å². The molecule has 0 aromatic heterocycles. The fourth-order valence-corrected chi connectivity index (χ4v) is 1.31. The summed E-state index contributed by atoms with van der Waals surface area (Å²) in [6.45, 7) is 3.57. The highest BCUT2D eigenvalue weighted by atomic mass is 16.4. The molecule has 0 rings (SSSR count). The Bertz CT molecular complexity index is 384. The van der Waals surface area contributed by atoms with Gasteiger partial charge in [0.2, 0.25) is 5.91 Å². The van der Waals surface area contributed by atoms with Crippen LogP contribution in [0.1, 0.15) is 26.7 Å². The highest BCUT2D eigenvalue weighted by molar-refractivity contribution is 5.88. The van der Waals surface area contributed by atoms with Crippen molar-refractivity contribution in [3.63, 3.8) is 0 Å². The molecular formula is C11H19N3O6. The van der Waals surface area contributed by atoms with Gasteiger partial charge >= 0.3 is 18.0 Å². The van der Waals surface area contributed by atoms with Gasteiger partial charge in [-0.2, -0.15) is 0 Å². The van der Waals surface area contributed by atoms with Crippen LogP contribution in [0.2, 0.25) is 0 Å². The maximum atomic E-state index is 11.5. The van der Waals surface area contributed by atoms with Crippen molar-refractivity contribution in [3.8, 4) is 0 Å². The molecule has 0 aliphatic rings. The molecule has 0 fully saturated rings. The first-order valence-corrected chi connectivity index (χ1v) is 6.07. The standard InChI is InChI=1S/C11H19N3O6/c1-3-12-9(17)6(2)13-11(20)14-7(10(18)19)4-5-8(15)16/h6-7H,3-5H2,1-2H3,(H,12,17)(H,15,16)(H,18,19)(H2,13,14,20). The van der Waals surface area contributed by atoms with Gasteiger partial charge in [0.25, 0.3) is 0 Å². The average Bonchev–Trinajstić information content (AvgIpc) is 2.33. The van der Waals surface area contributed by atoms with Gasteiger partial charge in [0.15, 0.2) is 0 Å². The van der Waals surface area contributed by atoms with Crippen LogP contribution in [0.5, 0.6) is 0 Å². The largest absolute Gasteiger partial charge is 0.481 e. The summed E-state index contributed by atoms with van der Waals surface area (Å²) in [7, 11) is 0. The third-order valence-corrected chi connectivity index (χ3v) is 2.34. The number of carbonyl (C=O) groups excluding carboxylic acids is 2. The van der Waals surface area contributed by atoms with E-state index < -0.39 is 36.0 Å². The quantitative estimate of drug-likeness (QED) is 0.392. The van der Waals surface area contributed by atoms with Crippen molar-refractivity contribution in [2.24, 2.45) is 0 Å². The van der Waals surface area contributed by atoms with E-state index in [2.05, 4.69) is 16.0 Å². The van der Waals surface area contributed by atoms with Crippen molar-refractivity contribution in [3.05, 3.63) is 0 Å².